The Morgan fingerprint density at radius 3 is 2.54 bits per heavy atom. The molecule has 0 atom stereocenters. The van der Waals surface area contributed by atoms with Crippen molar-refractivity contribution in [3.8, 4) is 0 Å². The van der Waals surface area contributed by atoms with Crippen molar-refractivity contribution in [1.29, 1.82) is 0 Å². The van der Waals surface area contributed by atoms with Crippen LogP contribution in [0.4, 0.5) is 0 Å². The van der Waals surface area contributed by atoms with Crippen molar-refractivity contribution in [3.63, 3.8) is 0 Å². The molecule has 1 fully saturated rings. The number of hydrogen-bond acceptors (Lipinski definition) is 2. The van der Waals surface area contributed by atoms with Gasteiger partial charge in [0.05, 0.1) is 5.75 Å². The quantitative estimate of drug-likeness (QED) is 0.714. The lowest BCUT2D eigenvalue weighted by molar-refractivity contribution is 0.297. The summed E-state index contributed by atoms with van der Waals surface area (Å²) < 4.78 is 25.0. The highest BCUT2D eigenvalue weighted by Gasteiger charge is 2.17. The molecule has 0 bridgehead atoms. The monoisotopic (exact) mass is 205 g/mol. The summed E-state index contributed by atoms with van der Waals surface area (Å²) in [5, 5.41) is 0. The van der Waals surface area contributed by atoms with Crippen LogP contribution in [-0.4, -0.2) is 20.7 Å². The van der Waals surface area contributed by atoms with Crippen LogP contribution in [0.25, 0.3) is 0 Å². The Hall–Kier alpha value is -0.0900. The van der Waals surface area contributed by atoms with E-state index in [0.29, 0.717) is 13.0 Å². The first kappa shape index (κ1) is 11.0. The molecule has 4 heteroatoms. The third-order valence-corrected chi connectivity index (χ3v) is 4.16. The summed E-state index contributed by atoms with van der Waals surface area (Å²) in [5.41, 5.74) is 0. The Morgan fingerprint density at radius 2 is 2.08 bits per heavy atom. The number of hydrogen-bond donors (Lipinski definition) is 1. The van der Waals surface area contributed by atoms with E-state index in [1.807, 2.05) is 6.92 Å². The van der Waals surface area contributed by atoms with Crippen LogP contribution >= 0.6 is 0 Å². The highest BCUT2D eigenvalue weighted by molar-refractivity contribution is 7.89. The maximum atomic E-state index is 11.2. The fraction of sp³-hybridized carbons (Fsp3) is 1.00. The van der Waals surface area contributed by atoms with E-state index < -0.39 is 10.0 Å². The molecule has 0 spiro atoms. The molecule has 0 amide bonds. The van der Waals surface area contributed by atoms with Crippen molar-refractivity contribution in [3.05, 3.63) is 0 Å². The molecule has 0 aliphatic heterocycles. The minimum atomic E-state index is -2.96. The molecular weight excluding hydrogens is 186 g/mol. The minimum Gasteiger partial charge on any atom is -0.215 e. The third kappa shape index (κ3) is 4.09. The molecule has 0 unspecified atom stereocenters. The van der Waals surface area contributed by atoms with Crippen LogP contribution in [-0.2, 0) is 10.0 Å². The van der Waals surface area contributed by atoms with Crippen molar-refractivity contribution in [2.45, 2.75) is 39.0 Å². The molecule has 13 heavy (non-hydrogen) atoms. The zero-order chi connectivity index (χ0) is 9.73. The van der Waals surface area contributed by atoms with Gasteiger partial charge in [-0.2, -0.15) is 0 Å². The maximum absolute atomic E-state index is 11.2. The lowest BCUT2D eigenvalue weighted by Gasteiger charge is -2.25. The molecular formula is C9H19NO2S. The zero-order valence-electron chi connectivity index (χ0n) is 8.25. The summed E-state index contributed by atoms with van der Waals surface area (Å²) in [5.74, 6) is 1.04. The Kier molecular flexibility index (Phi) is 4.19. The molecule has 1 rings (SSSR count). The van der Waals surface area contributed by atoms with Crippen molar-refractivity contribution >= 4 is 10.0 Å². The summed E-state index contributed by atoms with van der Waals surface area (Å²) in [6.45, 7) is 2.51. The highest BCUT2D eigenvalue weighted by atomic mass is 32.2. The van der Waals surface area contributed by atoms with E-state index in [4.69, 9.17) is 0 Å². The molecule has 1 aliphatic carbocycles. The molecule has 0 heterocycles. The van der Waals surface area contributed by atoms with Gasteiger partial charge >= 0.3 is 0 Å². The largest absolute Gasteiger partial charge is 0.215 e. The van der Waals surface area contributed by atoms with Gasteiger partial charge in [-0.25, -0.2) is 13.1 Å². The lowest BCUT2D eigenvalue weighted by Crippen LogP contribution is -2.29. The van der Waals surface area contributed by atoms with E-state index in [9.17, 15) is 8.42 Å². The van der Waals surface area contributed by atoms with E-state index in [2.05, 4.69) is 4.72 Å². The fourth-order valence-electron chi connectivity index (χ4n) is 1.54. The predicted octanol–water partition coefficient (Wildman–Crippen LogP) is 1.51. The van der Waals surface area contributed by atoms with Crippen LogP contribution in [0.1, 0.15) is 39.0 Å². The topological polar surface area (TPSA) is 46.2 Å². The molecule has 1 saturated carbocycles. The van der Waals surface area contributed by atoms with E-state index in [0.717, 1.165) is 12.3 Å². The lowest BCUT2D eigenvalue weighted by atomic mass is 9.83. The smallest absolute Gasteiger partial charge is 0.211 e. The normalized spacial score (nSPS) is 18.5. The predicted molar refractivity (Wildman–Crippen MR) is 54.0 cm³/mol. The van der Waals surface area contributed by atoms with Crippen molar-refractivity contribution < 1.29 is 8.42 Å². The summed E-state index contributed by atoms with van der Waals surface area (Å²) in [6.07, 6.45) is 5.61. The SMILES string of the molecule is CCCS(=O)(=O)NCCC1CCC1. The van der Waals surface area contributed by atoms with Gasteiger partial charge in [0.2, 0.25) is 10.0 Å². The van der Waals surface area contributed by atoms with Gasteiger partial charge in [0.25, 0.3) is 0 Å². The van der Waals surface area contributed by atoms with Crippen molar-refractivity contribution in [2.75, 3.05) is 12.3 Å². The average Bonchev–Trinajstić information content (AvgIpc) is 1.94. The van der Waals surface area contributed by atoms with E-state index in [-0.39, 0.29) is 5.75 Å². The summed E-state index contributed by atoms with van der Waals surface area (Å²) in [6, 6.07) is 0. The Bertz CT molecular complexity index is 232. The van der Waals surface area contributed by atoms with Crippen LogP contribution in [0.5, 0.6) is 0 Å². The molecule has 0 saturated heterocycles. The molecule has 0 radical (unpaired) electrons. The second-order valence-electron chi connectivity index (χ2n) is 3.80. The standard InChI is InChI=1S/C9H19NO2S/c1-2-8-13(11,12)10-7-6-9-4-3-5-9/h9-10H,2-8H2,1H3. The Morgan fingerprint density at radius 1 is 1.38 bits per heavy atom. The van der Waals surface area contributed by atoms with Gasteiger partial charge in [-0.15, -0.1) is 0 Å². The molecule has 0 aromatic heterocycles. The van der Waals surface area contributed by atoms with Gasteiger partial charge in [-0.05, 0) is 18.8 Å². The van der Waals surface area contributed by atoms with Crippen LogP contribution in [0.2, 0.25) is 0 Å². The molecule has 3 nitrogen and oxygen atoms in total. The number of rotatable bonds is 6. The number of sulfonamides is 1. The van der Waals surface area contributed by atoms with E-state index >= 15 is 0 Å². The molecule has 78 valence electrons. The van der Waals surface area contributed by atoms with Crippen LogP contribution in [0.3, 0.4) is 0 Å². The average molecular weight is 205 g/mol. The van der Waals surface area contributed by atoms with E-state index in [1.165, 1.54) is 19.3 Å². The van der Waals surface area contributed by atoms with E-state index in [1.54, 1.807) is 0 Å². The van der Waals surface area contributed by atoms with Crippen LogP contribution in [0.15, 0.2) is 0 Å². The fourth-order valence-corrected chi connectivity index (χ4v) is 2.65. The zero-order valence-corrected chi connectivity index (χ0v) is 9.07. The first-order valence-corrected chi connectivity index (χ1v) is 6.76. The van der Waals surface area contributed by atoms with Gasteiger partial charge < -0.3 is 0 Å². The molecule has 1 N–H and O–H groups in total. The van der Waals surface area contributed by atoms with Crippen LogP contribution in [0, 0.1) is 5.92 Å². The van der Waals surface area contributed by atoms with Crippen molar-refractivity contribution in [1.82, 2.24) is 4.72 Å². The highest BCUT2D eigenvalue weighted by Crippen LogP contribution is 2.28. The van der Waals surface area contributed by atoms with Crippen molar-refractivity contribution in [2.24, 2.45) is 5.92 Å². The van der Waals surface area contributed by atoms with Crippen LogP contribution < -0.4 is 4.72 Å². The molecule has 0 aromatic rings. The second kappa shape index (κ2) is 4.96. The Balaban J connectivity index is 2.09. The minimum absolute atomic E-state index is 0.262. The number of nitrogens with one attached hydrogen (secondary N) is 1. The Labute approximate surface area is 81.0 Å². The third-order valence-electron chi connectivity index (χ3n) is 2.57. The van der Waals surface area contributed by atoms with Gasteiger partial charge in [0, 0.05) is 6.54 Å². The summed E-state index contributed by atoms with van der Waals surface area (Å²) in [7, 11) is -2.96. The summed E-state index contributed by atoms with van der Waals surface area (Å²) in [4.78, 5) is 0. The first-order chi connectivity index (χ1) is 6.14. The van der Waals surface area contributed by atoms with Gasteiger partial charge in [0.1, 0.15) is 0 Å². The van der Waals surface area contributed by atoms with Gasteiger partial charge in [-0.3, -0.25) is 0 Å². The second-order valence-corrected chi connectivity index (χ2v) is 5.73. The van der Waals surface area contributed by atoms with Gasteiger partial charge in [0.15, 0.2) is 0 Å². The summed E-state index contributed by atoms with van der Waals surface area (Å²) >= 11 is 0. The van der Waals surface area contributed by atoms with Gasteiger partial charge in [-0.1, -0.05) is 26.2 Å². The molecule has 1 aliphatic rings. The first-order valence-electron chi connectivity index (χ1n) is 5.11. The molecule has 0 aromatic carbocycles. The maximum Gasteiger partial charge on any atom is 0.211 e.